The van der Waals surface area contributed by atoms with Gasteiger partial charge in [-0.2, -0.15) is 0 Å². The summed E-state index contributed by atoms with van der Waals surface area (Å²) in [4.78, 5) is 26.1. The Bertz CT molecular complexity index is 990. The highest BCUT2D eigenvalue weighted by molar-refractivity contribution is 5.83. The molecule has 0 bridgehead atoms. The monoisotopic (exact) mass is 400 g/mol. The molecule has 5 heteroatoms. The number of pyridine rings is 2. The number of likely N-dealkylation sites (tertiary alicyclic amines) is 1. The Hall–Kier alpha value is -3.05. The fourth-order valence-electron chi connectivity index (χ4n) is 4.47. The topological polar surface area (TPSA) is 49.3 Å². The lowest BCUT2D eigenvalue weighted by molar-refractivity contribution is -0.138. The number of carbonyl (C=O) groups is 1. The van der Waals surface area contributed by atoms with Crippen LogP contribution in [-0.2, 0) is 17.8 Å². The van der Waals surface area contributed by atoms with Crippen LogP contribution < -0.4 is 0 Å². The Balaban J connectivity index is 1.57. The third-order valence-corrected chi connectivity index (χ3v) is 5.87. The van der Waals surface area contributed by atoms with Crippen molar-refractivity contribution in [3.8, 4) is 11.1 Å². The van der Waals surface area contributed by atoms with Crippen molar-refractivity contribution < 1.29 is 4.79 Å². The van der Waals surface area contributed by atoms with Crippen molar-refractivity contribution in [1.29, 1.82) is 0 Å². The van der Waals surface area contributed by atoms with E-state index in [1.165, 1.54) is 5.56 Å². The Morgan fingerprint density at radius 1 is 1.07 bits per heavy atom. The molecule has 0 N–H and O–H groups in total. The van der Waals surface area contributed by atoms with Gasteiger partial charge in [0.15, 0.2) is 0 Å². The first-order valence-electron chi connectivity index (χ1n) is 10.4. The number of benzene rings is 1. The molecule has 0 saturated carbocycles. The van der Waals surface area contributed by atoms with E-state index in [1.807, 2.05) is 50.8 Å². The molecule has 30 heavy (non-hydrogen) atoms. The molecular formula is C25H28N4O. The molecular weight excluding hydrogens is 372 g/mol. The molecule has 1 atom stereocenters. The molecule has 1 fully saturated rings. The van der Waals surface area contributed by atoms with Crippen LogP contribution in [0.5, 0.6) is 0 Å². The molecule has 0 spiro atoms. The van der Waals surface area contributed by atoms with Gasteiger partial charge >= 0.3 is 0 Å². The highest BCUT2D eigenvalue weighted by atomic mass is 16.2. The predicted octanol–water partition coefficient (Wildman–Crippen LogP) is 3.67. The van der Waals surface area contributed by atoms with Crippen LogP contribution >= 0.6 is 0 Å². The highest BCUT2D eigenvalue weighted by Crippen LogP contribution is 2.37. The number of carbonyl (C=O) groups excluding carboxylic acids is 1. The molecule has 1 aliphatic rings. The van der Waals surface area contributed by atoms with E-state index in [0.717, 1.165) is 49.3 Å². The average Bonchev–Trinajstić information content (AvgIpc) is 3.18. The van der Waals surface area contributed by atoms with Crippen molar-refractivity contribution in [3.63, 3.8) is 0 Å². The molecule has 1 saturated heterocycles. The largest absolute Gasteiger partial charge is 0.348 e. The van der Waals surface area contributed by atoms with E-state index in [9.17, 15) is 4.79 Å². The van der Waals surface area contributed by atoms with Gasteiger partial charge in [-0.3, -0.25) is 19.7 Å². The number of hydrogen-bond acceptors (Lipinski definition) is 4. The first-order chi connectivity index (χ1) is 14.6. The number of rotatable bonds is 6. The van der Waals surface area contributed by atoms with Gasteiger partial charge in [-0.05, 0) is 54.3 Å². The van der Waals surface area contributed by atoms with Crippen LogP contribution in [0.4, 0.5) is 0 Å². The summed E-state index contributed by atoms with van der Waals surface area (Å²) in [6.07, 6.45) is 7.08. The van der Waals surface area contributed by atoms with Gasteiger partial charge in [-0.25, -0.2) is 0 Å². The maximum absolute atomic E-state index is 13.3. The van der Waals surface area contributed by atoms with Crippen LogP contribution in [-0.4, -0.2) is 52.9 Å². The predicted molar refractivity (Wildman–Crippen MR) is 119 cm³/mol. The van der Waals surface area contributed by atoms with Crippen LogP contribution in [0.1, 0.15) is 17.7 Å². The van der Waals surface area contributed by atoms with Gasteiger partial charge in [0.05, 0.1) is 11.1 Å². The molecule has 1 amide bonds. The minimum Gasteiger partial charge on any atom is -0.348 e. The molecule has 1 aliphatic heterocycles. The maximum Gasteiger partial charge on any atom is 0.229 e. The van der Waals surface area contributed by atoms with Crippen molar-refractivity contribution >= 4 is 5.91 Å². The summed E-state index contributed by atoms with van der Waals surface area (Å²) in [5, 5.41) is 0. The lowest BCUT2D eigenvalue weighted by Gasteiger charge is -2.31. The van der Waals surface area contributed by atoms with Gasteiger partial charge in [0.25, 0.3) is 0 Å². The lowest BCUT2D eigenvalue weighted by Crippen LogP contribution is -2.44. The first kappa shape index (κ1) is 20.2. The second-order valence-corrected chi connectivity index (χ2v) is 8.38. The van der Waals surface area contributed by atoms with Gasteiger partial charge in [0.1, 0.15) is 0 Å². The third-order valence-electron chi connectivity index (χ3n) is 5.87. The number of amides is 1. The van der Waals surface area contributed by atoms with E-state index >= 15 is 0 Å². The smallest absolute Gasteiger partial charge is 0.229 e. The van der Waals surface area contributed by atoms with E-state index in [4.69, 9.17) is 0 Å². The normalized spacial score (nSPS) is 19.0. The molecule has 3 heterocycles. The van der Waals surface area contributed by atoms with Gasteiger partial charge in [0, 0.05) is 45.8 Å². The molecule has 154 valence electrons. The van der Waals surface area contributed by atoms with Crippen molar-refractivity contribution in [2.75, 3.05) is 27.2 Å². The Kier molecular flexibility index (Phi) is 5.91. The van der Waals surface area contributed by atoms with Crippen LogP contribution in [0.2, 0.25) is 0 Å². The van der Waals surface area contributed by atoms with Crippen LogP contribution in [0.3, 0.4) is 0 Å². The van der Waals surface area contributed by atoms with E-state index in [2.05, 4.69) is 45.2 Å². The summed E-state index contributed by atoms with van der Waals surface area (Å²) in [7, 11) is 3.72. The number of nitrogens with zero attached hydrogens (tertiary/aromatic N) is 4. The lowest BCUT2D eigenvalue weighted by atomic mass is 9.79. The zero-order chi connectivity index (χ0) is 21.0. The SMILES string of the molecule is CN(C)C(=O)[C@@]1(Cc2cccc(-c3cccnc3)c2)CCN(Cc2ccccn2)C1. The van der Waals surface area contributed by atoms with Crippen molar-refractivity contribution in [2.45, 2.75) is 19.4 Å². The minimum absolute atomic E-state index is 0.206. The van der Waals surface area contributed by atoms with Crippen molar-refractivity contribution in [1.82, 2.24) is 19.8 Å². The minimum atomic E-state index is -0.411. The summed E-state index contributed by atoms with van der Waals surface area (Å²) >= 11 is 0. The van der Waals surface area contributed by atoms with E-state index in [0.29, 0.717) is 0 Å². The summed E-state index contributed by atoms with van der Waals surface area (Å²) in [6, 6.07) is 18.5. The molecule has 1 aromatic carbocycles. The standard InChI is InChI=1S/C25H28N4O/c1-28(2)24(30)25(11-14-29(19-25)18-23-10-3-4-13-27-23)16-20-7-5-8-21(15-20)22-9-6-12-26-17-22/h3-10,12-13,15,17H,11,14,16,18-19H2,1-2H3/t25-/m1/s1. The Morgan fingerprint density at radius 3 is 2.67 bits per heavy atom. The zero-order valence-electron chi connectivity index (χ0n) is 17.7. The summed E-state index contributed by atoms with van der Waals surface area (Å²) in [5.74, 6) is 0.206. The Morgan fingerprint density at radius 2 is 1.93 bits per heavy atom. The fraction of sp³-hybridized carbons (Fsp3) is 0.320. The van der Waals surface area contributed by atoms with Gasteiger partial charge in [0.2, 0.25) is 5.91 Å². The highest BCUT2D eigenvalue weighted by Gasteiger charge is 2.45. The van der Waals surface area contributed by atoms with Gasteiger partial charge in [-0.15, -0.1) is 0 Å². The summed E-state index contributed by atoms with van der Waals surface area (Å²) in [6.45, 7) is 2.43. The van der Waals surface area contributed by atoms with Crippen LogP contribution in [0.15, 0.2) is 73.2 Å². The molecule has 0 aliphatic carbocycles. The third kappa shape index (κ3) is 4.41. The van der Waals surface area contributed by atoms with Gasteiger partial charge < -0.3 is 4.90 Å². The second kappa shape index (κ2) is 8.76. The van der Waals surface area contributed by atoms with E-state index in [-0.39, 0.29) is 5.91 Å². The molecule has 0 radical (unpaired) electrons. The molecule has 4 rings (SSSR count). The first-order valence-corrected chi connectivity index (χ1v) is 10.4. The summed E-state index contributed by atoms with van der Waals surface area (Å²) in [5.41, 5.74) is 4.05. The number of aromatic nitrogens is 2. The quantitative estimate of drug-likeness (QED) is 0.634. The van der Waals surface area contributed by atoms with Crippen LogP contribution in [0.25, 0.3) is 11.1 Å². The average molecular weight is 401 g/mol. The van der Waals surface area contributed by atoms with Crippen molar-refractivity contribution in [3.05, 3.63) is 84.4 Å². The van der Waals surface area contributed by atoms with E-state index in [1.54, 1.807) is 11.1 Å². The molecule has 5 nitrogen and oxygen atoms in total. The second-order valence-electron chi connectivity index (χ2n) is 8.38. The molecule has 0 unspecified atom stereocenters. The van der Waals surface area contributed by atoms with Gasteiger partial charge in [-0.1, -0.05) is 36.4 Å². The van der Waals surface area contributed by atoms with Crippen LogP contribution in [0, 0.1) is 5.41 Å². The Labute approximate surface area is 178 Å². The van der Waals surface area contributed by atoms with Crippen molar-refractivity contribution in [2.24, 2.45) is 5.41 Å². The summed E-state index contributed by atoms with van der Waals surface area (Å²) < 4.78 is 0. The fourth-order valence-corrected chi connectivity index (χ4v) is 4.47. The molecule has 3 aromatic rings. The van der Waals surface area contributed by atoms with E-state index < -0.39 is 5.41 Å². The number of hydrogen-bond donors (Lipinski definition) is 0. The molecule has 2 aromatic heterocycles. The maximum atomic E-state index is 13.3. The zero-order valence-corrected chi connectivity index (χ0v) is 17.7.